The molecule has 0 bridgehead atoms. The lowest BCUT2D eigenvalue weighted by molar-refractivity contribution is 0.670. The van der Waals surface area contributed by atoms with Gasteiger partial charge in [0.1, 0.15) is 27.3 Å². The Morgan fingerprint density at radius 2 is 1.11 bits per heavy atom. The van der Waals surface area contributed by atoms with Crippen LogP contribution in [0.15, 0.2) is 132 Å². The largest absolute Gasteiger partial charge is 0.455 e. The summed E-state index contributed by atoms with van der Waals surface area (Å²) < 4.78 is 6.57. The standard InChI is InChI=1S/C40H33NOSi2/c1-43(2)35-17-11-9-15-30(35)33-24-27(19-22-36(33)43)41(26-12-6-5-7-13-26)28-18-20-32-38(25-28)44(3,4)37-23-21-31-29-14-8-10-16-34(29)42-40(31)39(32)37/h5-25H,1-4H3. The molecule has 0 amide bonds. The van der Waals surface area contributed by atoms with Crippen LogP contribution in [0.2, 0.25) is 26.2 Å². The van der Waals surface area contributed by atoms with E-state index in [2.05, 4.69) is 158 Å². The van der Waals surface area contributed by atoms with Crippen molar-refractivity contribution in [1.82, 2.24) is 0 Å². The molecule has 1 aromatic heterocycles. The van der Waals surface area contributed by atoms with E-state index in [1.54, 1.807) is 5.19 Å². The van der Waals surface area contributed by atoms with Crippen LogP contribution in [0.1, 0.15) is 0 Å². The molecule has 0 atom stereocenters. The lowest BCUT2D eigenvalue weighted by Gasteiger charge is -2.28. The molecule has 2 aliphatic rings. The minimum absolute atomic E-state index is 0.958. The Kier molecular flexibility index (Phi) is 5.25. The molecule has 0 saturated heterocycles. The highest BCUT2D eigenvalue weighted by Gasteiger charge is 2.41. The second-order valence-electron chi connectivity index (χ2n) is 13.4. The van der Waals surface area contributed by atoms with Crippen molar-refractivity contribution < 1.29 is 4.42 Å². The first-order valence-corrected chi connectivity index (χ1v) is 21.5. The molecule has 0 unspecified atom stereocenters. The third-order valence-electron chi connectivity index (χ3n) is 10.3. The number of fused-ring (bicyclic) bond motifs is 10. The Bertz CT molecular complexity index is 2300. The highest BCUT2D eigenvalue weighted by molar-refractivity contribution is 7.04. The Morgan fingerprint density at radius 1 is 0.455 bits per heavy atom. The molecule has 9 rings (SSSR count). The molecule has 0 fully saturated rings. The predicted octanol–water partition coefficient (Wildman–Crippen LogP) is 8.66. The van der Waals surface area contributed by atoms with Gasteiger partial charge in [0.15, 0.2) is 0 Å². The lowest BCUT2D eigenvalue weighted by atomic mass is 10.0. The first-order valence-electron chi connectivity index (χ1n) is 15.5. The maximum Gasteiger partial charge on any atom is 0.143 e. The van der Waals surface area contributed by atoms with E-state index in [9.17, 15) is 0 Å². The number of nitrogens with zero attached hydrogens (tertiary/aromatic N) is 1. The summed E-state index contributed by atoms with van der Waals surface area (Å²) in [7, 11) is -3.72. The van der Waals surface area contributed by atoms with Gasteiger partial charge in [-0.3, -0.25) is 0 Å². The summed E-state index contributed by atoms with van der Waals surface area (Å²) >= 11 is 0. The number of furan rings is 1. The zero-order chi connectivity index (χ0) is 29.8. The highest BCUT2D eigenvalue weighted by atomic mass is 28.3. The van der Waals surface area contributed by atoms with Gasteiger partial charge in [-0.1, -0.05) is 111 Å². The summed E-state index contributed by atoms with van der Waals surface area (Å²) in [5.74, 6) is 0. The molecular formula is C40H33NOSi2. The second kappa shape index (κ2) is 8.94. The molecule has 2 aliphatic heterocycles. The van der Waals surface area contributed by atoms with Gasteiger partial charge in [0.2, 0.25) is 0 Å². The normalized spacial score (nSPS) is 15.2. The van der Waals surface area contributed by atoms with Gasteiger partial charge < -0.3 is 9.32 Å². The van der Waals surface area contributed by atoms with Crippen LogP contribution >= 0.6 is 0 Å². The molecule has 0 radical (unpaired) electrons. The number of para-hydroxylation sites is 2. The Labute approximate surface area is 260 Å². The molecule has 212 valence electrons. The fourth-order valence-electron chi connectivity index (χ4n) is 8.00. The minimum atomic E-state index is -1.99. The van der Waals surface area contributed by atoms with E-state index in [0.717, 1.165) is 11.2 Å². The summed E-state index contributed by atoms with van der Waals surface area (Å²) in [5, 5.41) is 8.40. The molecular weight excluding hydrogens is 567 g/mol. The van der Waals surface area contributed by atoms with Gasteiger partial charge in [-0.05, 0) is 79.9 Å². The molecule has 4 heteroatoms. The van der Waals surface area contributed by atoms with Crippen molar-refractivity contribution in [3.05, 3.63) is 127 Å². The average molecular weight is 600 g/mol. The smallest absolute Gasteiger partial charge is 0.143 e. The Balaban J connectivity index is 1.24. The number of rotatable bonds is 3. The van der Waals surface area contributed by atoms with Crippen LogP contribution in [0, 0.1) is 0 Å². The van der Waals surface area contributed by atoms with Crippen molar-refractivity contribution in [2.24, 2.45) is 0 Å². The van der Waals surface area contributed by atoms with Gasteiger partial charge in [0.05, 0.1) is 0 Å². The molecule has 0 saturated carbocycles. The van der Waals surface area contributed by atoms with E-state index in [4.69, 9.17) is 4.42 Å². The number of anilines is 3. The van der Waals surface area contributed by atoms with E-state index in [0.29, 0.717) is 0 Å². The quantitative estimate of drug-likeness (QED) is 0.189. The average Bonchev–Trinajstić information content (AvgIpc) is 3.62. The summed E-state index contributed by atoms with van der Waals surface area (Å²) in [6, 6.07) is 47.3. The number of hydrogen-bond donors (Lipinski definition) is 0. The van der Waals surface area contributed by atoms with Gasteiger partial charge in [-0.2, -0.15) is 0 Å². The molecule has 44 heavy (non-hydrogen) atoms. The van der Waals surface area contributed by atoms with Crippen LogP contribution in [0.25, 0.3) is 44.2 Å². The first-order chi connectivity index (χ1) is 21.3. The summed E-state index contributed by atoms with van der Waals surface area (Å²) in [6.07, 6.45) is 0. The first kappa shape index (κ1) is 25.8. The Morgan fingerprint density at radius 3 is 1.98 bits per heavy atom. The van der Waals surface area contributed by atoms with Crippen LogP contribution in [-0.2, 0) is 0 Å². The number of hydrogen-bond acceptors (Lipinski definition) is 2. The lowest BCUT2D eigenvalue weighted by Crippen LogP contribution is -2.49. The topological polar surface area (TPSA) is 16.4 Å². The molecule has 0 spiro atoms. The summed E-state index contributed by atoms with van der Waals surface area (Å²) in [4.78, 5) is 2.44. The summed E-state index contributed by atoms with van der Waals surface area (Å²) in [5.41, 5.74) is 11.0. The molecule has 3 heterocycles. The fourth-order valence-corrected chi connectivity index (χ4v) is 14.1. The third kappa shape index (κ3) is 3.41. The monoisotopic (exact) mass is 599 g/mol. The maximum absolute atomic E-state index is 6.57. The second-order valence-corrected chi connectivity index (χ2v) is 22.0. The zero-order valence-corrected chi connectivity index (χ0v) is 27.5. The minimum Gasteiger partial charge on any atom is -0.455 e. The maximum atomic E-state index is 6.57. The van der Waals surface area contributed by atoms with Crippen LogP contribution in [-0.4, -0.2) is 16.1 Å². The summed E-state index contributed by atoms with van der Waals surface area (Å²) in [6.45, 7) is 9.94. The molecule has 7 aromatic rings. The van der Waals surface area contributed by atoms with Gasteiger partial charge in [-0.15, -0.1) is 0 Å². The number of benzene rings is 6. The van der Waals surface area contributed by atoms with E-state index >= 15 is 0 Å². The van der Waals surface area contributed by atoms with E-state index in [-0.39, 0.29) is 0 Å². The van der Waals surface area contributed by atoms with Crippen molar-refractivity contribution >= 4 is 75.9 Å². The zero-order valence-electron chi connectivity index (χ0n) is 25.5. The van der Waals surface area contributed by atoms with Gasteiger partial charge in [0.25, 0.3) is 0 Å². The van der Waals surface area contributed by atoms with Gasteiger partial charge in [-0.25, -0.2) is 0 Å². The molecule has 0 aliphatic carbocycles. The SMILES string of the molecule is C[Si]1(C)c2ccccc2-c2cc(N(c3ccccc3)c3ccc4c(c3)[Si](C)(C)c3ccc5c(oc6ccccc65)c3-4)ccc21. The van der Waals surface area contributed by atoms with Crippen molar-refractivity contribution in [3.8, 4) is 22.3 Å². The highest BCUT2D eigenvalue weighted by Crippen LogP contribution is 2.42. The molecule has 2 nitrogen and oxygen atoms in total. The van der Waals surface area contributed by atoms with E-state index in [1.807, 2.05) is 0 Å². The fraction of sp³-hybridized carbons (Fsp3) is 0.100. The van der Waals surface area contributed by atoms with Gasteiger partial charge in [0, 0.05) is 33.4 Å². The van der Waals surface area contributed by atoms with Crippen molar-refractivity contribution in [3.63, 3.8) is 0 Å². The van der Waals surface area contributed by atoms with Crippen molar-refractivity contribution in [2.75, 3.05) is 4.90 Å². The molecule has 0 N–H and O–H groups in total. The van der Waals surface area contributed by atoms with Crippen LogP contribution < -0.4 is 25.6 Å². The predicted molar refractivity (Wildman–Crippen MR) is 193 cm³/mol. The van der Waals surface area contributed by atoms with E-state index in [1.165, 1.54) is 65.6 Å². The van der Waals surface area contributed by atoms with E-state index < -0.39 is 16.1 Å². The van der Waals surface area contributed by atoms with Gasteiger partial charge >= 0.3 is 0 Å². The third-order valence-corrected chi connectivity index (χ3v) is 17.4. The van der Waals surface area contributed by atoms with Crippen molar-refractivity contribution in [2.45, 2.75) is 26.2 Å². The Hall–Kier alpha value is -4.65. The van der Waals surface area contributed by atoms with Crippen LogP contribution in [0.3, 0.4) is 0 Å². The van der Waals surface area contributed by atoms with Crippen molar-refractivity contribution in [1.29, 1.82) is 0 Å². The molecule has 6 aromatic carbocycles. The van der Waals surface area contributed by atoms with Crippen LogP contribution in [0.5, 0.6) is 0 Å². The van der Waals surface area contributed by atoms with Crippen LogP contribution in [0.4, 0.5) is 17.1 Å².